The van der Waals surface area contributed by atoms with Crippen LogP contribution in [0.15, 0.2) is 140 Å². The molecule has 2 N–H and O–H groups in total. The van der Waals surface area contributed by atoms with Crippen LogP contribution in [0.1, 0.15) is 18.1 Å². The Morgan fingerprint density at radius 2 is 1.10 bits per heavy atom. The normalized spacial score (nSPS) is 11.9. The van der Waals surface area contributed by atoms with Crippen LogP contribution in [0.25, 0.3) is 49.7 Å². The number of hydrogen-bond donors (Lipinski definition) is 1. The molecule has 0 bridgehead atoms. The van der Waals surface area contributed by atoms with Crippen molar-refractivity contribution in [2.24, 2.45) is 5.92 Å². The molecule has 1 atom stereocenters. The van der Waals surface area contributed by atoms with Crippen LogP contribution in [0, 0.1) is 11.7 Å². The predicted octanol–water partition coefficient (Wildman–Crippen LogP) is 10.5. The lowest BCUT2D eigenvalue weighted by atomic mass is 9.85. The third kappa shape index (κ3) is 5.42. The lowest BCUT2D eigenvalue weighted by molar-refractivity contribution is 0.628. The minimum absolute atomic E-state index is 0.221. The molecule has 0 aliphatic rings. The molecule has 200 valence electrons. The van der Waals surface area contributed by atoms with Gasteiger partial charge in [-0.3, -0.25) is 0 Å². The standard InChI is InChI=1S/C39H32FN/c1-26(25-33-7-3-6-10-39(33)41)27(2)35-23-24-36(38-9-5-4-8-37(35)38)32-17-15-30(16-18-32)28-11-13-29(14-12-28)31-19-21-34(40)22-20-31/h3-24,26H,2,25,41H2,1H3. The Bertz CT molecular complexity index is 1830. The van der Waals surface area contributed by atoms with Gasteiger partial charge in [-0.25, -0.2) is 4.39 Å². The van der Waals surface area contributed by atoms with Gasteiger partial charge in [0, 0.05) is 5.69 Å². The zero-order valence-electron chi connectivity index (χ0n) is 23.1. The molecule has 0 aromatic heterocycles. The molecule has 0 aliphatic heterocycles. The molecular formula is C39H32FN. The van der Waals surface area contributed by atoms with Crippen LogP contribution < -0.4 is 5.73 Å². The van der Waals surface area contributed by atoms with Gasteiger partial charge in [0.2, 0.25) is 0 Å². The van der Waals surface area contributed by atoms with E-state index in [4.69, 9.17) is 5.73 Å². The summed E-state index contributed by atoms with van der Waals surface area (Å²) in [5, 5.41) is 2.43. The molecule has 41 heavy (non-hydrogen) atoms. The molecule has 0 heterocycles. The van der Waals surface area contributed by atoms with Gasteiger partial charge in [-0.2, -0.15) is 0 Å². The molecule has 6 aromatic rings. The summed E-state index contributed by atoms with van der Waals surface area (Å²) in [6.07, 6.45) is 0.855. The second-order valence-corrected chi connectivity index (χ2v) is 10.7. The van der Waals surface area contributed by atoms with Crippen molar-refractivity contribution in [3.05, 3.63) is 157 Å². The fourth-order valence-electron chi connectivity index (χ4n) is 5.61. The number of allylic oxidation sites excluding steroid dienone is 1. The molecule has 1 nitrogen and oxygen atoms in total. The highest BCUT2D eigenvalue weighted by Crippen LogP contribution is 2.37. The summed E-state index contributed by atoms with van der Waals surface area (Å²) in [4.78, 5) is 0. The maximum atomic E-state index is 13.3. The summed E-state index contributed by atoms with van der Waals surface area (Å²) in [7, 11) is 0. The van der Waals surface area contributed by atoms with Crippen molar-refractivity contribution in [1.82, 2.24) is 0 Å². The van der Waals surface area contributed by atoms with Gasteiger partial charge in [0.05, 0.1) is 0 Å². The fourth-order valence-corrected chi connectivity index (χ4v) is 5.61. The fraction of sp³-hybridized carbons (Fsp3) is 0.0769. The van der Waals surface area contributed by atoms with Crippen LogP contribution in [0.2, 0.25) is 0 Å². The molecule has 6 rings (SSSR count). The maximum absolute atomic E-state index is 13.3. The molecule has 2 heteroatoms. The number of halogens is 1. The Morgan fingerprint density at radius 3 is 1.68 bits per heavy atom. The average molecular weight is 534 g/mol. The van der Waals surface area contributed by atoms with Crippen molar-refractivity contribution < 1.29 is 4.39 Å². The van der Waals surface area contributed by atoms with Crippen LogP contribution >= 0.6 is 0 Å². The minimum atomic E-state index is -0.221. The second kappa shape index (κ2) is 11.3. The second-order valence-electron chi connectivity index (χ2n) is 10.7. The van der Waals surface area contributed by atoms with E-state index in [0.29, 0.717) is 0 Å². The lowest BCUT2D eigenvalue weighted by Gasteiger charge is -2.19. The summed E-state index contributed by atoms with van der Waals surface area (Å²) < 4.78 is 13.3. The van der Waals surface area contributed by atoms with Gasteiger partial charge in [0.25, 0.3) is 0 Å². The number of nitrogen functional groups attached to an aromatic ring is 1. The molecule has 0 spiro atoms. The lowest BCUT2D eigenvalue weighted by Crippen LogP contribution is -2.05. The first-order valence-corrected chi connectivity index (χ1v) is 14.0. The highest BCUT2D eigenvalue weighted by Gasteiger charge is 2.16. The number of nitrogens with two attached hydrogens (primary N) is 1. The number of rotatable bonds is 7. The largest absolute Gasteiger partial charge is 0.399 e. The topological polar surface area (TPSA) is 26.0 Å². The molecule has 0 fully saturated rings. The summed E-state index contributed by atoms with van der Waals surface area (Å²) in [6, 6.07) is 44.9. The summed E-state index contributed by atoms with van der Waals surface area (Å²) in [5.41, 5.74) is 17.3. The van der Waals surface area contributed by atoms with E-state index < -0.39 is 0 Å². The van der Waals surface area contributed by atoms with Gasteiger partial charge in [0.15, 0.2) is 0 Å². The quantitative estimate of drug-likeness (QED) is 0.203. The Labute approximate surface area is 241 Å². The highest BCUT2D eigenvalue weighted by atomic mass is 19.1. The number of hydrogen-bond acceptors (Lipinski definition) is 1. The van der Waals surface area contributed by atoms with Crippen molar-refractivity contribution in [2.45, 2.75) is 13.3 Å². The van der Waals surface area contributed by atoms with Gasteiger partial charge < -0.3 is 5.73 Å². The van der Waals surface area contributed by atoms with Gasteiger partial charge in [0.1, 0.15) is 5.82 Å². The number of benzene rings is 6. The molecule has 6 aromatic carbocycles. The Hall–Kier alpha value is -4.95. The van der Waals surface area contributed by atoms with Crippen LogP contribution in [0.3, 0.4) is 0 Å². The maximum Gasteiger partial charge on any atom is 0.123 e. The average Bonchev–Trinajstić information content (AvgIpc) is 3.02. The summed E-state index contributed by atoms with van der Waals surface area (Å²) in [6.45, 7) is 6.74. The van der Waals surface area contributed by atoms with Crippen LogP contribution in [0.4, 0.5) is 10.1 Å². The molecular weight excluding hydrogens is 501 g/mol. The van der Waals surface area contributed by atoms with Crippen molar-refractivity contribution >= 4 is 22.0 Å². The van der Waals surface area contributed by atoms with E-state index in [1.807, 2.05) is 30.3 Å². The van der Waals surface area contributed by atoms with E-state index in [1.54, 1.807) is 0 Å². The molecule has 0 saturated heterocycles. The van der Waals surface area contributed by atoms with E-state index in [0.717, 1.165) is 45.5 Å². The number of anilines is 1. The van der Waals surface area contributed by atoms with Crippen LogP contribution in [-0.2, 0) is 6.42 Å². The third-order valence-corrected chi connectivity index (χ3v) is 8.04. The van der Waals surface area contributed by atoms with E-state index in [1.165, 1.54) is 39.6 Å². The Balaban J connectivity index is 1.26. The van der Waals surface area contributed by atoms with Crippen molar-refractivity contribution in [1.29, 1.82) is 0 Å². The van der Waals surface area contributed by atoms with E-state index >= 15 is 0 Å². The minimum Gasteiger partial charge on any atom is -0.399 e. The molecule has 0 aliphatic carbocycles. The first-order chi connectivity index (χ1) is 20.0. The van der Waals surface area contributed by atoms with Gasteiger partial charge in [-0.05, 0) is 91.4 Å². The number of para-hydroxylation sites is 1. The monoisotopic (exact) mass is 533 g/mol. The third-order valence-electron chi connectivity index (χ3n) is 8.04. The van der Waals surface area contributed by atoms with Gasteiger partial charge >= 0.3 is 0 Å². The summed E-state index contributed by atoms with van der Waals surface area (Å²) in [5.74, 6) is 0.0312. The predicted molar refractivity (Wildman–Crippen MR) is 173 cm³/mol. The van der Waals surface area contributed by atoms with E-state index in [9.17, 15) is 4.39 Å². The SMILES string of the molecule is C=C(c1ccc(-c2ccc(-c3ccc(-c4ccc(F)cc4)cc3)cc2)c2ccccc12)C(C)Cc1ccccc1N. The van der Waals surface area contributed by atoms with Crippen LogP contribution in [-0.4, -0.2) is 0 Å². The zero-order valence-corrected chi connectivity index (χ0v) is 23.1. The van der Waals surface area contributed by atoms with Crippen molar-refractivity contribution in [3.63, 3.8) is 0 Å². The first kappa shape index (κ1) is 26.3. The van der Waals surface area contributed by atoms with Gasteiger partial charge in [-0.15, -0.1) is 0 Å². The zero-order chi connectivity index (χ0) is 28.3. The molecule has 0 saturated carbocycles. The Kier molecular flexibility index (Phi) is 7.22. The van der Waals surface area contributed by atoms with Crippen molar-refractivity contribution in [2.75, 3.05) is 5.73 Å². The summed E-state index contributed by atoms with van der Waals surface area (Å²) >= 11 is 0. The molecule has 0 radical (unpaired) electrons. The Morgan fingerprint density at radius 1 is 0.610 bits per heavy atom. The smallest absolute Gasteiger partial charge is 0.123 e. The highest BCUT2D eigenvalue weighted by molar-refractivity contribution is 6.03. The van der Waals surface area contributed by atoms with Crippen LogP contribution in [0.5, 0.6) is 0 Å². The van der Waals surface area contributed by atoms with E-state index in [2.05, 4.69) is 104 Å². The van der Waals surface area contributed by atoms with Gasteiger partial charge in [-0.1, -0.05) is 129 Å². The van der Waals surface area contributed by atoms with E-state index in [-0.39, 0.29) is 11.7 Å². The number of fused-ring (bicyclic) bond motifs is 1. The molecule has 0 amide bonds. The molecule has 1 unspecified atom stereocenters. The van der Waals surface area contributed by atoms with Crippen molar-refractivity contribution in [3.8, 4) is 33.4 Å². The first-order valence-electron chi connectivity index (χ1n) is 14.0.